The van der Waals surface area contributed by atoms with Crippen molar-refractivity contribution in [1.82, 2.24) is 4.98 Å². The predicted molar refractivity (Wildman–Crippen MR) is 89.6 cm³/mol. The van der Waals surface area contributed by atoms with E-state index in [0.29, 0.717) is 11.4 Å². The number of para-hydroxylation sites is 1. The molecule has 0 saturated carbocycles. The molecule has 4 rings (SSSR count). The number of halogens is 2. The van der Waals surface area contributed by atoms with Gasteiger partial charge in [-0.15, -0.1) is 4.57 Å². The summed E-state index contributed by atoms with van der Waals surface area (Å²) in [6.45, 7) is 0. The lowest BCUT2D eigenvalue weighted by atomic mass is 10.2. The summed E-state index contributed by atoms with van der Waals surface area (Å²) in [5.41, 5.74) is 18.2. The number of nitrogens with two attached hydrogens (primary N) is 2. The third kappa shape index (κ3) is 2.94. The van der Waals surface area contributed by atoms with Crippen LogP contribution in [-0.4, -0.2) is 4.98 Å². The van der Waals surface area contributed by atoms with Gasteiger partial charge in [-0.1, -0.05) is 18.2 Å². The van der Waals surface area contributed by atoms with Crippen molar-refractivity contribution in [1.29, 1.82) is 0 Å². The molecule has 122 valence electrons. The van der Waals surface area contributed by atoms with Crippen LogP contribution in [0.4, 0.5) is 11.4 Å². The highest BCUT2D eigenvalue weighted by atomic mass is 35.5. The molecule has 4 N–H and O–H groups in total. The van der Waals surface area contributed by atoms with Crippen LogP contribution in [0.1, 0.15) is 0 Å². The van der Waals surface area contributed by atoms with E-state index in [1.807, 2.05) is 54.6 Å². The lowest BCUT2D eigenvalue weighted by Gasteiger charge is -2.06. The van der Waals surface area contributed by atoms with Crippen LogP contribution < -0.4 is 40.8 Å². The van der Waals surface area contributed by atoms with E-state index >= 15 is 0 Å². The molecule has 24 heavy (non-hydrogen) atoms. The van der Waals surface area contributed by atoms with Gasteiger partial charge >= 0.3 is 0 Å². The van der Waals surface area contributed by atoms with Crippen molar-refractivity contribution in [2.45, 2.75) is 0 Å². The number of hydrogen-bond donors (Lipinski definition) is 2. The largest absolute Gasteiger partial charge is 1.00 e. The fourth-order valence-corrected chi connectivity index (χ4v) is 2.74. The topological polar surface area (TPSA) is 68.8 Å². The number of aromatic nitrogens is 2. The Kier molecular flexibility index (Phi) is 5.12. The fraction of sp³-hybridized carbons (Fsp3) is 0. The highest BCUT2D eigenvalue weighted by Gasteiger charge is 2.19. The molecule has 1 aromatic heterocycles. The number of rotatable bonds is 1. The molecule has 0 radical (unpaired) electrons. The van der Waals surface area contributed by atoms with Gasteiger partial charge in [0.2, 0.25) is 16.7 Å². The number of nitrogen functional groups attached to an aromatic ring is 2. The minimum absolute atomic E-state index is 0. The normalized spacial score (nSPS) is 10.2. The van der Waals surface area contributed by atoms with Gasteiger partial charge < -0.3 is 36.3 Å². The zero-order valence-corrected chi connectivity index (χ0v) is 14.2. The Morgan fingerprint density at radius 3 is 1.67 bits per heavy atom. The van der Waals surface area contributed by atoms with E-state index < -0.39 is 0 Å². The van der Waals surface area contributed by atoms with Crippen LogP contribution in [-0.2, 0) is 0 Å². The lowest BCUT2D eigenvalue weighted by Crippen LogP contribution is -3.00. The molecule has 4 aromatic rings. The van der Waals surface area contributed by atoms with E-state index in [9.17, 15) is 0 Å². The van der Waals surface area contributed by atoms with E-state index in [0.717, 1.165) is 27.8 Å². The molecule has 3 aromatic carbocycles. The molecule has 6 heteroatoms. The summed E-state index contributed by atoms with van der Waals surface area (Å²) in [7, 11) is 0. The third-order valence-electron chi connectivity index (χ3n) is 3.74. The summed E-state index contributed by atoms with van der Waals surface area (Å²) in [6, 6.07) is 21.7. The Balaban J connectivity index is 0.00000104. The third-order valence-corrected chi connectivity index (χ3v) is 3.74. The number of hydrogen-bond acceptors (Lipinski definition) is 3. The molecule has 1 heterocycles. The monoisotopic (exact) mass is 357 g/mol. The molecule has 0 aliphatic carbocycles. The Labute approximate surface area is 151 Å². The van der Waals surface area contributed by atoms with Crippen LogP contribution in [0, 0.1) is 0 Å². The van der Waals surface area contributed by atoms with Crippen LogP contribution >= 0.6 is 0 Å². The predicted octanol–water partition coefficient (Wildman–Crippen LogP) is -3.16. The lowest BCUT2D eigenvalue weighted by molar-refractivity contribution is -0.538. The summed E-state index contributed by atoms with van der Waals surface area (Å²) in [5.74, 6) is 0. The molecule has 0 aliphatic heterocycles. The van der Waals surface area contributed by atoms with Crippen LogP contribution in [0.15, 0.2) is 66.7 Å². The first kappa shape index (κ1) is 17.8. The summed E-state index contributed by atoms with van der Waals surface area (Å²) in [5, 5.41) is 0. The van der Waals surface area contributed by atoms with Gasteiger partial charge in [0.05, 0.1) is 0 Å². The van der Waals surface area contributed by atoms with E-state index in [1.54, 1.807) is 0 Å². The van der Waals surface area contributed by atoms with Gasteiger partial charge in [0.25, 0.3) is 0 Å². The second-order valence-corrected chi connectivity index (χ2v) is 5.28. The number of fused-ring (bicyclic) bond motifs is 2. The molecular weight excluding hydrogens is 343 g/mol. The Morgan fingerprint density at radius 1 is 0.667 bits per heavy atom. The Morgan fingerprint density at radius 2 is 1.17 bits per heavy atom. The van der Waals surface area contributed by atoms with Crippen LogP contribution in [0.2, 0.25) is 0 Å². The number of benzene rings is 3. The first-order valence-electron chi connectivity index (χ1n) is 7.08. The van der Waals surface area contributed by atoms with Crippen molar-refractivity contribution in [2.24, 2.45) is 0 Å². The van der Waals surface area contributed by atoms with Crippen LogP contribution in [0.5, 0.6) is 0 Å². The van der Waals surface area contributed by atoms with E-state index in [1.165, 1.54) is 0 Å². The highest BCUT2D eigenvalue weighted by molar-refractivity contribution is 5.85. The number of nitrogens with zero attached hydrogens (tertiary/aromatic N) is 2. The van der Waals surface area contributed by atoms with Gasteiger partial charge in [-0.25, -0.2) is 4.98 Å². The molecule has 0 unspecified atom stereocenters. The molecular formula is C18H15Cl2N4-. The molecule has 0 atom stereocenters. The van der Waals surface area contributed by atoms with Crippen molar-refractivity contribution in [3.8, 4) is 5.69 Å². The van der Waals surface area contributed by atoms with Gasteiger partial charge in [0, 0.05) is 35.6 Å². The van der Waals surface area contributed by atoms with Crippen molar-refractivity contribution < 1.29 is 29.4 Å². The minimum atomic E-state index is 0. The summed E-state index contributed by atoms with van der Waals surface area (Å²) >= 11 is 0. The van der Waals surface area contributed by atoms with Crippen LogP contribution in [0.25, 0.3) is 27.8 Å². The van der Waals surface area contributed by atoms with E-state index in [-0.39, 0.29) is 24.8 Å². The maximum Gasteiger partial charge on any atom is 0.239 e. The molecule has 0 spiro atoms. The maximum absolute atomic E-state index is 5.98. The van der Waals surface area contributed by atoms with Gasteiger partial charge in [0.1, 0.15) is 11.0 Å². The Hall–Kier alpha value is -2.56. The smallest absolute Gasteiger partial charge is 0.239 e. The van der Waals surface area contributed by atoms with Gasteiger partial charge in [-0.3, -0.25) is 0 Å². The summed E-state index contributed by atoms with van der Waals surface area (Å²) in [6.07, 6.45) is 0. The van der Waals surface area contributed by atoms with Crippen molar-refractivity contribution in [3.63, 3.8) is 0 Å². The second kappa shape index (κ2) is 6.91. The van der Waals surface area contributed by atoms with Gasteiger partial charge in [-0.05, 0) is 24.3 Å². The Bertz CT molecular complexity index is 944. The zero-order valence-electron chi connectivity index (χ0n) is 12.7. The van der Waals surface area contributed by atoms with Crippen LogP contribution in [0.3, 0.4) is 0 Å². The minimum Gasteiger partial charge on any atom is -1.00 e. The van der Waals surface area contributed by atoms with E-state index in [2.05, 4.69) is 16.7 Å². The molecule has 0 amide bonds. The van der Waals surface area contributed by atoms with E-state index in [4.69, 9.17) is 16.5 Å². The maximum atomic E-state index is 5.98. The summed E-state index contributed by atoms with van der Waals surface area (Å²) < 4.78 is 2.14. The van der Waals surface area contributed by atoms with Crippen molar-refractivity contribution >= 4 is 33.4 Å². The van der Waals surface area contributed by atoms with Gasteiger partial charge in [0.15, 0.2) is 0 Å². The summed E-state index contributed by atoms with van der Waals surface area (Å²) in [4.78, 5) is 4.71. The fourth-order valence-electron chi connectivity index (χ4n) is 2.74. The molecule has 4 nitrogen and oxygen atoms in total. The first-order valence-corrected chi connectivity index (χ1v) is 7.08. The molecule has 0 aliphatic rings. The zero-order chi connectivity index (χ0) is 15.1. The quantitative estimate of drug-likeness (QED) is 0.214. The molecule has 0 saturated heterocycles. The van der Waals surface area contributed by atoms with Gasteiger partial charge in [-0.2, -0.15) is 0 Å². The number of anilines is 2. The average Bonchev–Trinajstić information content (AvgIpc) is 2.54. The first-order chi connectivity index (χ1) is 10.7. The van der Waals surface area contributed by atoms with Crippen molar-refractivity contribution in [2.75, 3.05) is 11.5 Å². The van der Waals surface area contributed by atoms with Crippen molar-refractivity contribution in [3.05, 3.63) is 66.7 Å². The average molecular weight is 358 g/mol. The molecule has 0 fully saturated rings. The standard InChI is InChI=1S/C18H14N4.2ClH/c19-12-6-8-15-17(10-12)22(14-4-2-1-3-5-14)18-11-13(20)7-9-16(18)21-15;;/h1-11H,(H3,19,20);2*1H/p-1. The highest BCUT2D eigenvalue weighted by Crippen LogP contribution is 2.20. The SMILES string of the molecule is Nc1ccc2nc3ccc(N)cc3[n+](-c3ccccc3)c2c1.[Cl-].[Cl-]. The molecule has 0 bridgehead atoms. The second-order valence-electron chi connectivity index (χ2n) is 5.28.